The molecule has 3 aromatic carbocycles. The van der Waals surface area contributed by atoms with Gasteiger partial charge in [0.15, 0.2) is 0 Å². The molecule has 292 valence electrons. The summed E-state index contributed by atoms with van der Waals surface area (Å²) in [5.74, 6) is 7.37. The number of H-pyrrole nitrogens is 1. The van der Waals surface area contributed by atoms with Gasteiger partial charge in [-0.15, -0.1) is 0 Å². The molecule has 4 amide bonds. The van der Waals surface area contributed by atoms with Crippen LogP contribution in [0.25, 0.3) is 10.8 Å². The highest BCUT2D eigenvalue weighted by molar-refractivity contribution is 5.98. The van der Waals surface area contributed by atoms with Crippen molar-refractivity contribution < 1.29 is 24.7 Å². The largest absolute Gasteiger partial charge is 0.412 e. The van der Waals surface area contributed by atoms with E-state index in [9.17, 15) is 24.0 Å². The van der Waals surface area contributed by atoms with Crippen LogP contribution in [0.3, 0.4) is 0 Å². The first-order valence-electron chi connectivity index (χ1n) is 18.5. The van der Waals surface area contributed by atoms with E-state index in [1.54, 1.807) is 21.9 Å². The van der Waals surface area contributed by atoms with Crippen molar-refractivity contribution in [1.82, 2.24) is 29.8 Å². The zero-order valence-electron chi connectivity index (χ0n) is 31.7. The van der Waals surface area contributed by atoms with E-state index >= 15 is 0 Å². The fourth-order valence-electron chi connectivity index (χ4n) is 7.71. The molecule has 15 nitrogen and oxygen atoms in total. The Morgan fingerprint density at radius 2 is 1.13 bits per heavy atom. The molecular weight excluding hydrogens is 702 g/mol. The molecular formula is C40H51N9O6. The number of carbonyl (C=O) groups is 4. The van der Waals surface area contributed by atoms with E-state index in [1.807, 2.05) is 92.1 Å². The Morgan fingerprint density at radius 1 is 0.673 bits per heavy atom. The first-order valence-corrected chi connectivity index (χ1v) is 18.5. The number of hydrogen-bond donors (Lipinski definition) is 4. The minimum absolute atomic E-state index is 0. The van der Waals surface area contributed by atoms with Gasteiger partial charge in [-0.2, -0.15) is 5.10 Å². The Balaban J connectivity index is 0.00000190. The lowest BCUT2D eigenvalue weighted by Crippen LogP contribution is -2.51. The number of nitrogens with one attached hydrogen (secondary N) is 2. The number of aromatic nitrogens is 2. The summed E-state index contributed by atoms with van der Waals surface area (Å²) >= 11 is 0. The monoisotopic (exact) mass is 753 g/mol. The maximum atomic E-state index is 13.9. The van der Waals surface area contributed by atoms with Gasteiger partial charge in [0.05, 0.1) is 23.0 Å². The van der Waals surface area contributed by atoms with Crippen molar-refractivity contribution in [2.24, 2.45) is 23.5 Å². The third-order valence-electron chi connectivity index (χ3n) is 10.5. The second-order valence-corrected chi connectivity index (χ2v) is 14.6. The van der Waals surface area contributed by atoms with E-state index in [0.29, 0.717) is 74.6 Å². The van der Waals surface area contributed by atoms with Crippen LogP contribution >= 0.6 is 0 Å². The maximum absolute atomic E-state index is 13.9. The van der Waals surface area contributed by atoms with E-state index in [1.165, 1.54) is 0 Å². The van der Waals surface area contributed by atoms with E-state index in [4.69, 9.17) is 0 Å². The van der Waals surface area contributed by atoms with Crippen molar-refractivity contribution in [3.8, 4) is 0 Å². The quantitative estimate of drug-likeness (QED) is 0.167. The number of hydrazine groups is 1. The molecule has 1 aromatic heterocycles. The molecule has 0 radical (unpaired) electrons. The summed E-state index contributed by atoms with van der Waals surface area (Å²) in [7, 11) is 0. The van der Waals surface area contributed by atoms with E-state index in [0.717, 1.165) is 22.2 Å². The van der Waals surface area contributed by atoms with Crippen LogP contribution in [-0.4, -0.2) is 111 Å². The summed E-state index contributed by atoms with van der Waals surface area (Å²) in [6.07, 6.45) is 0. The van der Waals surface area contributed by atoms with Crippen LogP contribution in [0.5, 0.6) is 0 Å². The number of amides is 4. The molecule has 3 aliphatic rings. The van der Waals surface area contributed by atoms with Crippen LogP contribution in [0.1, 0.15) is 77.2 Å². The highest BCUT2D eigenvalue weighted by Crippen LogP contribution is 2.46. The molecule has 8 N–H and O–H groups in total. The van der Waals surface area contributed by atoms with Crippen LogP contribution in [-0.2, 0) is 9.59 Å². The molecule has 15 heteroatoms. The molecule has 2 fully saturated rings. The van der Waals surface area contributed by atoms with Gasteiger partial charge < -0.3 is 30.4 Å². The third-order valence-corrected chi connectivity index (χ3v) is 10.5. The number of hydrogen-bond acceptors (Lipinski definition) is 9. The second kappa shape index (κ2) is 17.2. The molecule has 55 heavy (non-hydrogen) atoms. The fraction of sp³-hybridized carbons (Fsp3) is 0.400. The van der Waals surface area contributed by atoms with Crippen LogP contribution in [0.2, 0.25) is 0 Å². The lowest BCUT2D eigenvalue weighted by atomic mass is 9.79. The second-order valence-electron chi connectivity index (χ2n) is 14.6. The molecule has 2 unspecified atom stereocenters. The lowest BCUT2D eigenvalue weighted by Gasteiger charge is -2.37. The first kappa shape index (κ1) is 40.5. The van der Waals surface area contributed by atoms with Gasteiger partial charge in [0.25, 0.3) is 17.4 Å². The molecule has 0 aliphatic carbocycles. The van der Waals surface area contributed by atoms with Crippen molar-refractivity contribution in [3.05, 3.63) is 105 Å². The summed E-state index contributed by atoms with van der Waals surface area (Å²) in [6, 6.07) is 20.2. The Morgan fingerprint density at radius 3 is 1.64 bits per heavy atom. The van der Waals surface area contributed by atoms with Gasteiger partial charge in [0.1, 0.15) is 0 Å². The Kier molecular flexibility index (Phi) is 12.7. The molecule has 0 bridgehead atoms. The number of carbonyl (C=O) groups excluding carboxylic acids is 4. The van der Waals surface area contributed by atoms with Gasteiger partial charge in [-0.05, 0) is 47.5 Å². The van der Waals surface area contributed by atoms with E-state index < -0.39 is 12.0 Å². The number of piperazine rings is 2. The van der Waals surface area contributed by atoms with Gasteiger partial charge in [-0.25, -0.2) is 5.10 Å². The van der Waals surface area contributed by atoms with Crippen molar-refractivity contribution in [3.63, 3.8) is 0 Å². The Hall–Kier alpha value is -5.64. The highest BCUT2D eigenvalue weighted by Gasteiger charge is 2.36. The van der Waals surface area contributed by atoms with E-state index in [-0.39, 0.29) is 46.5 Å². The molecule has 4 aromatic rings. The summed E-state index contributed by atoms with van der Waals surface area (Å²) in [5, 5.41) is 12.2. The summed E-state index contributed by atoms with van der Waals surface area (Å²) in [4.78, 5) is 72.9. The van der Waals surface area contributed by atoms with Gasteiger partial charge in [0.2, 0.25) is 11.8 Å². The highest BCUT2D eigenvalue weighted by atomic mass is 16.2. The molecule has 4 heterocycles. The van der Waals surface area contributed by atoms with Gasteiger partial charge in [0, 0.05) is 86.4 Å². The minimum Gasteiger partial charge on any atom is -0.412 e. The fourth-order valence-corrected chi connectivity index (χ4v) is 7.71. The number of nitrogens with two attached hydrogens (primary N) is 2. The number of benzene rings is 3. The van der Waals surface area contributed by atoms with Crippen LogP contribution in [0.15, 0.2) is 71.5 Å². The zero-order chi connectivity index (χ0) is 38.7. The zero-order valence-corrected chi connectivity index (χ0v) is 31.7. The number of nitrogens with zero attached hydrogens (tertiary/aromatic N) is 5. The summed E-state index contributed by atoms with van der Waals surface area (Å²) < 4.78 is 0. The van der Waals surface area contributed by atoms with Crippen molar-refractivity contribution in [1.29, 1.82) is 0 Å². The molecule has 2 saturated heterocycles. The Labute approximate surface area is 319 Å². The summed E-state index contributed by atoms with van der Waals surface area (Å²) in [6.45, 7) is 11.4. The average molecular weight is 754 g/mol. The van der Waals surface area contributed by atoms with Crippen LogP contribution < -0.4 is 22.6 Å². The predicted molar refractivity (Wildman–Crippen MR) is 210 cm³/mol. The van der Waals surface area contributed by atoms with Crippen molar-refractivity contribution in [2.75, 3.05) is 57.7 Å². The van der Waals surface area contributed by atoms with Crippen LogP contribution in [0, 0.1) is 11.8 Å². The molecule has 7 rings (SSSR count). The predicted octanol–water partition coefficient (Wildman–Crippen LogP) is 2.10. The van der Waals surface area contributed by atoms with Crippen molar-refractivity contribution in [2.45, 2.75) is 39.7 Å². The number of aromatic amines is 1. The molecule has 2 atom stereocenters. The first-order chi connectivity index (χ1) is 26.0. The average Bonchev–Trinajstić information content (AvgIpc) is 3.21. The van der Waals surface area contributed by atoms with Gasteiger partial charge >= 0.3 is 0 Å². The third kappa shape index (κ3) is 8.09. The molecule has 3 aliphatic heterocycles. The smallest absolute Gasteiger partial charge is 0.272 e. The van der Waals surface area contributed by atoms with Crippen LogP contribution in [0.4, 0.5) is 5.69 Å². The minimum atomic E-state index is -0.432. The molecule has 0 saturated carbocycles. The van der Waals surface area contributed by atoms with Gasteiger partial charge in [-0.3, -0.25) is 35.7 Å². The molecule has 0 spiro atoms. The Bertz CT molecular complexity index is 2100. The standard InChI is InChI=1S/C40H45N7O5.H4N2.H2O/c1-24(2)37(49)44-14-18-46(19-15-44)39(51)28-10-5-8-26(22-28)32-34(41-31-13-7-12-30-33(31)35(32)42-43-36(30)48)27-9-6-11-29(23-27)40(52)47-20-16-45(17-21-47)38(50)25(3)4;1-2;/h5-13,22-25,32,34,41H,14-21H2,1-4H3,(H,43,48);1-2H2;1H2. The SMILES string of the molecule is CC(C)C(=O)N1CCN(C(=O)c2cccc(C3Nc4cccc5c(=O)[nH]nc(c45)C3c3cccc(C(=O)N4CCN(C(=O)C(C)C)CC4)c3)c2)CC1.NN.O. The van der Waals surface area contributed by atoms with E-state index in [2.05, 4.69) is 27.2 Å². The normalized spacial score (nSPS) is 18.0. The van der Waals surface area contributed by atoms with Crippen molar-refractivity contribution >= 4 is 40.1 Å². The number of anilines is 1. The van der Waals surface area contributed by atoms with Gasteiger partial charge in [-0.1, -0.05) is 58.0 Å². The topological polar surface area (TPSA) is 223 Å². The lowest BCUT2D eigenvalue weighted by molar-refractivity contribution is -0.136. The number of rotatable bonds is 6. The maximum Gasteiger partial charge on any atom is 0.272 e. The summed E-state index contributed by atoms with van der Waals surface area (Å²) in [5.41, 5.74) is 3.88.